The van der Waals surface area contributed by atoms with Crippen LogP contribution in [0.2, 0.25) is 0 Å². The molecule has 3 fully saturated rings. The number of likely N-dealkylation sites (tertiary alicyclic amines) is 1. The minimum Gasteiger partial charge on any atom is -0.497 e. The third-order valence-electron chi connectivity index (χ3n) is 7.51. The number of methoxy groups -OCH3 is 1. The summed E-state index contributed by atoms with van der Waals surface area (Å²) in [5, 5.41) is 4.62. The fourth-order valence-corrected chi connectivity index (χ4v) is 5.37. The maximum atomic E-state index is 13.6. The topological polar surface area (TPSA) is 85.6 Å². The maximum absolute atomic E-state index is 13.6. The predicted octanol–water partition coefficient (Wildman–Crippen LogP) is 3.15. The molecular formula is C27H32N6O3. The molecule has 1 amide bonds. The van der Waals surface area contributed by atoms with Crippen LogP contribution >= 0.6 is 0 Å². The lowest BCUT2D eigenvalue weighted by molar-refractivity contribution is 0.00157. The first-order valence-electron chi connectivity index (χ1n) is 12.9. The van der Waals surface area contributed by atoms with Crippen molar-refractivity contribution in [3.63, 3.8) is 0 Å². The van der Waals surface area contributed by atoms with Gasteiger partial charge in [0.1, 0.15) is 5.75 Å². The number of carbonyl (C=O) groups is 1. The highest BCUT2D eigenvalue weighted by molar-refractivity contribution is 5.95. The van der Waals surface area contributed by atoms with Crippen LogP contribution in [-0.2, 0) is 4.74 Å². The van der Waals surface area contributed by atoms with Crippen molar-refractivity contribution in [2.75, 3.05) is 46.5 Å². The summed E-state index contributed by atoms with van der Waals surface area (Å²) >= 11 is 0. The van der Waals surface area contributed by atoms with Crippen molar-refractivity contribution in [3.8, 4) is 23.0 Å². The number of aromatic nitrogens is 4. The average Bonchev–Trinajstić information content (AvgIpc) is 3.70. The zero-order valence-corrected chi connectivity index (χ0v) is 20.7. The van der Waals surface area contributed by atoms with Gasteiger partial charge in [0, 0.05) is 49.9 Å². The summed E-state index contributed by atoms with van der Waals surface area (Å²) in [6, 6.07) is 10.2. The van der Waals surface area contributed by atoms with E-state index < -0.39 is 0 Å². The number of carbonyl (C=O) groups excluding carboxylic acids is 1. The molecule has 4 heterocycles. The van der Waals surface area contributed by atoms with Crippen LogP contribution in [0.5, 0.6) is 5.75 Å². The first-order chi connectivity index (χ1) is 17.7. The summed E-state index contributed by atoms with van der Waals surface area (Å²) in [6.45, 7) is 5.16. The Balaban J connectivity index is 1.23. The van der Waals surface area contributed by atoms with Crippen LogP contribution in [0.15, 0.2) is 42.7 Å². The highest BCUT2D eigenvalue weighted by Crippen LogP contribution is 2.42. The number of piperidine rings is 1. The van der Waals surface area contributed by atoms with Gasteiger partial charge >= 0.3 is 0 Å². The zero-order valence-electron chi connectivity index (χ0n) is 20.7. The van der Waals surface area contributed by atoms with Crippen LogP contribution in [-0.4, -0.2) is 88.0 Å². The summed E-state index contributed by atoms with van der Waals surface area (Å²) in [5.41, 5.74) is 3.36. The molecule has 0 spiro atoms. The Morgan fingerprint density at radius 1 is 1.06 bits per heavy atom. The summed E-state index contributed by atoms with van der Waals surface area (Å²) in [5.74, 6) is 1.66. The standard InChI is InChI=1S/C27H32N6O3/c1-35-22-4-2-3-20(17-22)24-7-10-28-27(30-24)33-25(19-5-6-19)23(18-29-33)26(34)32-11-8-21(9-12-32)31-13-15-36-16-14-31/h2-4,7,10,17-19,21H,5-6,8-9,11-16H2,1H3. The first-order valence-corrected chi connectivity index (χ1v) is 12.9. The zero-order chi connectivity index (χ0) is 24.5. The van der Waals surface area contributed by atoms with Crippen LogP contribution in [0.25, 0.3) is 17.2 Å². The number of hydrogen-bond acceptors (Lipinski definition) is 7. The quantitative estimate of drug-likeness (QED) is 0.527. The molecule has 3 aromatic rings. The van der Waals surface area contributed by atoms with Crippen molar-refractivity contribution in [2.24, 2.45) is 0 Å². The highest BCUT2D eigenvalue weighted by Gasteiger charge is 2.36. The number of amides is 1. The van der Waals surface area contributed by atoms with Crippen molar-refractivity contribution in [1.82, 2.24) is 29.5 Å². The lowest BCUT2D eigenvalue weighted by Gasteiger charge is -2.40. The second-order valence-electron chi connectivity index (χ2n) is 9.78. The van der Waals surface area contributed by atoms with E-state index in [0.717, 1.165) is 87.8 Å². The molecule has 2 saturated heterocycles. The largest absolute Gasteiger partial charge is 0.497 e. The molecule has 9 heteroatoms. The van der Waals surface area contributed by atoms with Gasteiger partial charge in [0.15, 0.2) is 0 Å². The second kappa shape index (κ2) is 9.99. The number of hydrogen-bond donors (Lipinski definition) is 0. The molecular weight excluding hydrogens is 456 g/mol. The molecule has 3 aliphatic rings. The van der Waals surface area contributed by atoms with E-state index in [1.807, 2.05) is 35.2 Å². The molecule has 0 atom stereocenters. The molecule has 9 nitrogen and oxygen atoms in total. The fraction of sp³-hybridized carbons (Fsp3) is 0.481. The third-order valence-corrected chi connectivity index (χ3v) is 7.51. The number of rotatable bonds is 6. The molecule has 2 aliphatic heterocycles. The van der Waals surface area contributed by atoms with Gasteiger partial charge in [0.25, 0.3) is 11.9 Å². The third kappa shape index (κ3) is 4.60. The highest BCUT2D eigenvalue weighted by atomic mass is 16.5. The van der Waals surface area contributed by atoms with Gasteiger partial charge in [0.05, 0.1) is 43.5 Å². The van der Waals surface area contributed by atoms with E-state index >= 15 is 0 Å². The van der Waals surface area contributed by atoms with E-state index in [1.54, 1.807) is 24.2 Å². The van der Waals surface area contributed by atoms with Crippen molar-refractivity contribution in [3.05, 3.63) is 54.0 Å². The maximum Gasteiger partial charge on any atom is 0.257 e. The van der Waals surface area contributed by atoms with Gasteiger partial charge in [-0.1, -0.05) is 12.1 Å². The number of nitrogens with zero attached hydrogens (tertiary/aromatic N) is 6. The molecule has 1 aromatic carbocycles. The summed E-state index contributed by atoms with van der Waals surface area (Å²) in [6.07, 6.45) is 7.58. The SMILES string of the molecule is COc1cccc(-c2ccnc(-n3ncc(C(=O)N4CCC(N5CCOCC5)CC4)c3C3CC3)n2)c1. The van der Waals surface area contributed by atoms with E-state index in [1.165, 1.54) is 0 Å². The Bertz CT molecular complexity index is 1230. The smallest absolute Gasteiger partial charge is 0.257 e. The van der Waals surface area contributed by atoms with Crippen LogP contribution in [0.4, 0.5) is 0 Å². The Labute approximate surface area is 211 Å². The van der Waals surface area contributed by atoms with Crippen molar-refractivity contribution in [1.29, 1.82) is 0 Å². The van der Waals surface area contributed by atoms with Crippen molar-refractivity contribution in [2.45, 2.75) is 37.6 Å². The van der Waals surface area contributed by atoms with Crippen molar-refractivity contribution >= 4 is 5.91 Å². The van der Waals surface area contributed by atoms with E-state index in [4.69, 9.17) is 14.5 Å². The van der Waals surface area contributed by atoms with E-state index in [2.05, 4.69) is 15.0 Å². The van der Waals surface area contributed by atoms with Crippen LogP contribution in [0.1, 0.15) is 47.7 Å². The Kier molecular flexibility index (Phi) is 6.41. The van der Waals surface area contributed by atoms with Gasteiger partial charge in [0.2, 0.25) is 0 Å². The van der Waals surface area contributed by atoms with Crippen LogP contribution in [0, 0.1) is 0 Å². The molecule has 2 aromatic heterocycles. The van der Waals surface area contributed by atoms with Crippen LogP contribution in [0.3, 0.4) is 0 Å². The number of ether oxygens (including phenoxy) is 2. The molecule has 0 unspecified atom stereocenters. The van der Waals surface area contributed by atoms with Gasteiger partial charge in [-0.2, -0.15) is 5.10 Å². The second-order valence-corrected chi connectivity index (χ2v) is 9.78. The molecule has 0 N–H and O–H groups in total. The summed E-state index contributed by atoms with van der Waals surface area (Å²) in [7, 11) is 1.65. The molecule has 6 rings (SSSR count). The molecule has 1 saturated carbocycles. The minimum atomic E-state index is 0.0764. The normalized spacial score (nSPS) is 19.4. The Hall–Kier alpha value is -3.30. The predicted molar refractivity (Wildman–Crippen MR) is 134 cm³/mol. The van der Waals surface area contributed by atoms with E-state index in [9.17, 15) is 4.79 Å². The van der Waals surface area contributed by atoms with E-state index in [-0.39, 0.29) is 5.91 Å². The fourth-order valence-electron chi connectivity index (χ4n) is 5.37. The van der Waals surface area contributed by atoms with Gasteiger partial charge in [-0.25, -0.2) is 14.6 Å². The van der Waals surface area contributed by atoms with Gasteiger partial charge in [-0.05, 0) is 43.9 Å². The van der Waals surface area contributed by atoms with Gasteiger partial charge in [-0.15, -0.1) is 0 Å². The molecule has 1 aliphatic carbocycles. The first kappa shape index (κ1) is 23.1. The van der Waals surface area contributed by atoms with Crippen LogP contribution < -0.4 is 4.74 Å². The molecule has 188 valence electrons. The van der Waals surface area contributed by atoms with Gasteiger partial charge in [-0.3, -0.25) is 9.69 Å². The van der Waals surface area contributed by atoms with E-state index in [0.29, 0.717) is 23.5 Å². The van der Waals surface area contributed by atoms with Crippen molar-refractivity contribution < 1.29 is 14.3 Å². The minimum absolute atomic E-state index is 0.0764. The molecule has 0 radical (unpaired) electrons. The lowest BCUT2D eigenvalue weighted by atomic mass is 10.0. The summed E-state index contributed by atoms with van der Waals surface area (Å²) in [4.78, 5) is 27.5. The monoisotopic (exact) mass is 488 g/mol. The molecule has 0 bridgehead atoms. The Morgan fingerprint density at radius 2 is 1.86 bits per heavy atom. The number of benzene rings is 1. The average molecular weight is 489 g/mol. The Morgan fingerprint density at radius 3 is 2.61 bits per heavy atom. The van der Waals surface area contributed by atoms with Gasteiger partial charge < -0.3 is 14.4 Å². The lowest BCUT2D eigenvalue weighted by Crippen LogP contribution is -2.50. The number of morpholine rings is 1. The summed E-state index contributed by atoms with van der Waals surface area (Å²) < 4.78 is 12.6. The molecule has 36 heavy (non-hydrogen) atoms.